The highest BCUT2D eigenvalue weighted by Gasteiger charge is 2.72. The minimum Gasteiger partial charge on any atom is -0.386 e. The molecule has 1 fully saturated rings. The van der Waals surface area contributed by atoms with E-state index in [-0.39, 0.29) is 0 Å². The first-order valence-corrected chi connectivity index (χ1v) is 6.56. The predicted octanol–water partition coefficient (Wildman–Crippen LogP) is -2.17. The van der Waals surface area contributed by atoms with Crippen LogP contribution in [0.5, 0.6) is 0 Å². The zero-order chi connectivity index (χ0) is 17.5. The Morgan fingerprint density at radius 3 is 1.95 bits per heavy atom. The second kappa shape index (κ2) is 6.28. The Bertz CT molecular complexity index is 493. The van der Waals surface area contributed by atoms with Crippen LogP contribution in [-0.2, 0) is 23.4 Å². The predicted molar refractivity (Wildman–Crippen MR) is 69.6 cm³/mol. The number of hydrogen-bond acceptors (Lipinski definition) is 9. The fourth-order valence-electron chi connectivity index (χ4n) is 2.42. The molecule has 1 aliphatic rings. The van der Waals surface area contributed by atoms with Crippen molar-refractivity contribution in [2.45, 2.75) is 56.6 Å². The van der Waals surface area contributed by atoms with E-state index in [4.69, 9.17) is 16.6 Å². The molecule has 0 aromatic heterocycles. The van der Waals surface area contributed by atoms with Crippen molar-refractivity contribution in [3.05, 3.63) is 0 Å². The Morgan fingerprint density at radius 2 is 1.64 bits per heavy atom. The van der Waals surface area contributed by atoms with Crippen molar-refractivity contribution in [3.8, 4) is 0 Å². The molecule has 1 rings (SSSR count). The molecule has 1 heterocycles. The van der Waals surface area contributed by atoms with Gasteiger partial charge in [-0.25, -0.2) is 4.29 Å². The van der Waals surface area contributed by atoms with Gasteiger partial charge in [0.15, 0.2) is 34.7 Å². The lowest BCUT2D eigenvalue weighted by atomic mass is 9.67. The quantitative estimate of drug-likeness (QED) is 0.438. The molecule has 0 spiro atoms. The van der Waals surface area contributed by atoms with Crippen LogP contribution in [0.1, 0.15) is 20.8 Å². The van der Waals surface area contributed by atoms with E-state index in [1.807, 2.05) is 0 Å². The van der Waals surface area contributed by atoms with Crippen molar-refractivity contribution in [1.29, 1.82) is 0 Å². The molecule has 10 heteroatoms. The summed E-state index contributed by atoms with van der Waals surface area (Å²) < 4.78 is 9.11. The number of carbonyl (C=O) groups excluding carboxylic acids is 3. The van der Waals surface area contributed by atoms with Gasteiger partial charge in [0.25, 0.3) is 0 Å². The molecule has 0 aromatic rings. The van der Waals surface area contributed by atoms with E-state index in [2.05, 4.69) is 4.29 Å². The molecule has 0 aromatic carbocycles. The second-order valence-corrected chi connectivity index (χ2v) is 5.32. The third kappa shape index (κ3) is 2.48. The fourth-order valence-corrected chi connectivity index (χ4v) is 2.56. The Hall–Kier alpha value is -0.940. The van der Waals surface area contributed by atoms with Crippen LogP contribution < -0.4 is 0 Å². The lowest BCUT2D eigenvalue weighted by Crippen LogP contribution is -2.80. The van der Waals surface area contributed by atoms with Crippen molar-refractivity contribution < 1.29 is 43.8 Å². The summed E-state index contributed by atoms with van der Waals surface area (Å²) in [4.78, 5) is 35.7. The first-order valence-electron chi connectivity index (χ1n) is 6.25. The average molecular weight is 341 g/mol. The molecular weight excluding hydrogens is 324 g/mol. The van der Waals surface area contributed by atoms with Crippen molar-refractivity contribution in [3.63, 3.8) is 0 Å². The molecular formula is C12H17ClO9. The van der Waals surface area contributed by atoms with Crippen LogP contribution in [0.2, 0.25) is 0 Å². The molecule has 4 N–H and O–H groups in total. The molecule has 0 bridgehead atoms. The largest absolute Gasteiger partial charge is 0.386 e. The van der Waals surface area contributed by atoms with Crippen molar-refractivity contribution in [2.24, 2.45) is 0 Å². The lowest BCUT2D eigenvalue weighted by Gasteiger charge is -2.51. The van der Waals surface area contributed by atoms with E-state index in [0.717, 1.165) is 20.8 Å². The smallest absolute Gasteiger partial charge is 0.207 e. The van der Waals surface area contributed by atoms with Gasteiger partial charge < -0.3 is 25.2 Å². The number of carbonyl (C=O) groups is 3. The average Bonchev–Trinajstić information content (AvgIpc) is 2.43. The Kier molecular flexibility index (Phi) is 5.46. The van der Waals surface area contributed by atoms with Gasteiger partial charge in [0.1, 0.15) is 12.2 Å². The summed E-state index contributed by atoms with van der Waals surface area (Å²) in [5.41, 5.74) is -6.25. The van der Waals surface area contributed by atoms with Crippen LogP contribution in [0, 0.1) is 0 Å². The SMILES string of the molecule is CC(=O)[C@@]1(O)[C@@H](C(=O)C(C)O)O[C@@H](OCl)[C@H](O)[C@]1(O)C(C)=O. The van der Waals surface area contributed by atoms with E-state index in [0.29, 0.717) is 0 Å². The van der Waals surface area contributed by atoms with Crippen molar-refractivity contribution in [2.75, 3.05) is 0 Å². The summed E-state index contributed by atoms with van der Waals surface area (Å²) in [6.45, 7) is 2.60. The van der Waals surface area contributed by atoms with Crippen molar-refractivity contribution >= 4 is 29.2 Å². The maximum atomic E-state index is 12.0. The Labute approximate surface area is 130 Å². The zero-order valence-corrected chi connectivity index (χ0v) is 12.8. The number of aliphatic hydroxyl groups is 4. The van der Waals surface area contributed by atoms with Crippen LogP contribution >= 0.6 is 11.9 Å². The molecule has 9 nitrogen and oxygen atoms in total. The number of aliphatic hydroxyl groups excluding tert-OH is 2. The number of ketones is 3. The Balaban J connectivity index is 3.60. The molecule has 6 atom stereocenters. The van der Waals surface area contributed by atoms with Gasteiger partial charge in [-0.1, -0.05) is 0 Å². The van der Waals surface area contributed by atoms with Crippen LogP contribution in [0.4, 0.5) is 0 Å². The molecule has 1 unspecified atom stereocenters. The first-order chi connectivity index (χ1) is 9.96. The summed E-state index contributed by atoms with van der Waals surface area (Å²) in [6.07, 6.45) is -8.03. The standard InChI is InChI=1S/C12H17ClO9/c1-4(14)7(17)9-12(20,6(3)16)11(19,5(2)15)8(18)10(21-9)22-13/h4,8-10,14,18-20H,1-3H3/t4?,8-,9+,10-,11+,12+/m0/s1. The normalized spacial score (nSPS) is 40.1. The van der Waals surface area contributed by atoms with E-state index >= 15 is 0 Å². The van der Waals surface area contributed by atoms with Gasteiger partial charge in [-0.05, 0) is 20.8 Å². The van der Waals surface area contributed by atoms with Crippen molar-refractivity contribution in [1.82, 2.24) is 0 Å². The highest BCUT2D eigenvalue weighted by Crippen LogP contribution is 2.41. The molecule has 1 aliphatic heterocycles. The zero-order valence-electron chi connectivity index (χ0n) is 12.0. The summed E-state index contributed by atoms with van der Waals surface area (Å²) in [5, 5.41) is 40.4. The molecule has 22 heavy (non-hydrogen) atoms. The third-order valence-corrected chi connectivity index (χ3v) is 3.92. The molecule has 0 amide bonds. The van der Waals surface area contributed by atoms with Gasteiger partial charge in [0.05, 0.1) is 11.9 Å². The Morgan fingerprint density at radius 1 is 1.18 bits per heavy atom. The minimum atomic E-state index is -3.13. The summed E-state index contributed by atoms with van der Waals surface area (Å²) in [7, 11) is 0. The maximum absolute atomic E-state index is 12.0. The number of hydrogen-bond donors (Lipinski definition) is 4. The lowest BCUT2D eigenvalue weighted by molar-refractivity contribution is -0.317. The number of ether oxygens (including phenoxy) is 1. The van der Waals surface area contributed by atoms with Crippen LogP contribution in [-0.4, -0.2) is 73.6 Å². The van der Waals surface area contributed by atoms with E-state index in [9.17, 15) is 34.8 Å². The van der Waals surface area contributed by atoms with Crippen LogP contribution in [0.15, 0.2) is 0 Å². The van der Waals surface area contributed by atoms with Crippen LogP contribution in [0.3, 0.4) is 0 Å². The molecule has 0 aliphatic carbocycles. The van der Waals surface area contributed by atoms with Crippen LogP contribution in [0.25, 0.3) is 0 Å². The topological polar surface area (TPSA) is 151 Å². The minimum absolute atomic E-state index is 0.786. The first kappa shape index (κ1) is 19.1. The van der Waals surface area contributed by atoms with Gasteiger partial charge in [-0.2, -0.15) is 0 Å². The number of rotatable bonds is 5. The van der Waals surface area contributed by atoms with E-state index in [1.165, 1.54) is 0 Å². The summed E-state index contributed by atoms with van der Waals surface area (Å²) in [6, 6.07) is 0. The van der Waals surface area contributed by atoms with E-state index in [1.54, 1.807) is 0 Å². The third-order valence-electron chi connectivity index (χ3n) is 3.75. The van der Waals surface area contributed by atoms with Gasteiger partial charge in [0, 0.05) is 0 Å². The fraction of sp³-hybridized carbons (Fsp3) is 0.750. The number of Topliss-reactive ketones (excluding diaryl/α,β-unsaturated/α-hetero) is 3. The molecule has 1 saturated heterocycles. The van der Waals surface area contributed by atoms with Gasteiger partial charge in [0.2, 0.25) is 6.29 Å². The highest BCUT2D eigenvalue weighted by atomic mass is 35.5. The monoisotopic (exact) mass is 340 g/mol. The maximum Gasteiger partial charge on any atom is 0.207 e. The molecule has 0 radical (unpaired) electrons. The second-order valence-electron chi connectivity index (χ2n) is 5.14. The summed E-state index contributed by atoms with van der Waals surface area (Å²) >= 11 is 5.08. The van der Waals surface area contributed by atoms with Gasteiger partial charge in [-0.3, -0.25) is 14.4 Å². The molecule has 126 valence electrons. The molecule has 0 saturated carbocycles. The van der Waals surface area contributed by atoms with E-state index < -0.39 is 53.2 Å². The highest BCUT2D eigenvalue weighted by molar-refractivity contribution is 6.08. The number of halogens is 1. The van der Waals surface area contributed by atoms with Gasteiger partial charge in [-0.15, -0.1) is 0 Å². The summed E-state index contributed by atoms with van der Waals surface area (Å²) in [5.74, 6) is -3.65. The van der Waals surface area contributed by atoms with Gasteiger partial charge >= 0.3 is 0 Å².